The highest BCUT2D eigenvalue weighted by Crippen LogP contribution is 2.33. The molecule has 5 rings (SSSR count). The van der Waals surface area contributed by atoms with Gasteiger partial charge in [0.2, 0.25) is 41.4 Å². The fourth-order valence-corrected chi connectivity index (χ4v) is 15.0. The number of unbranched alkanes of at least 4 members (excludes halogenated alkanes) is 1. The molecule has 10 amide bonds. The number of thioether (sulfide) groups is 1. The Morgan fingerprint density at radius 3 is 1.58 bits per heavy atom. The number of aliphatic hydroxyl groups excluding tert-OH is 1. The van der Waals surface area contributed by atoms with Crippen LogP contribution in [0.4, 0.5) is 9.59 Å². The molecule has 2 fully saturated rings. The molecule has 0 spiro atoms. The van der Waals surface area contributed by atoms with Gasteiger partial charge in [-0.15, -0.1) is 0 Å². The van der Waals surface area contributed by atoms with Gasteiger partial charge in [-0.1, -0.05) is 133 Å². The minimum absolute atomic E-state index is 0.00264. The van der Waals surface area contributed by atoms with Gasteiger partial charge in [-0.25, -0.2) is 9.59 Å². The molecule has 0 radical (unpaired) electrons. The molecule has 0 saturated carbocycles. The number of nitrogens with one attached hydrogen (secondary N) is 10. The van der Waals surface area contributed by atoms with Gasteiger partial charge in [0.1, 0.15) is 30.9 Å². The Morgan fingerprint density at radius 2 is 1.01 bits per heavy atom. The summed E-state index contributed by atoms with van der Waals surface area (Å²) in [5, 5.41) is 41.3. The summed E-state index contributed by atoms with van der Waals surface area (Å²) >= 11 is 1.88. The normalized spacial score (nSPS) is 16.0. The summed E-state index contributed by atoms with van der Waals surface area (Å²) in [6, 6.07) is 26.8. The third kappa shape index (κ3) is 43.0. The van der Waals surface area contributed by atoms with Crippen LogP contribution in [0, 0.1) is 17.8 Å². The number of benzene rings is 3. The molecule has 31 heteroatoms. The van der Waals surface area contributed by atoms with E-state index in [-0.39, 0.29) is 112 Å². The van der Waals surface area contributed by atoms with Gasteiger partial charge < -0.3 is 96.2 Å². The molecular formula is C77H120N10O18S3. The van der Waals surface area contributed by atoms with Gasteiger partial charge >= 0.3 is 12.1 Å². The average molecular weight is 1570 g/mol. The van der Waals surface area contributed by atoms with Gasteiger partial charge in [0.15, 0.2) is 0 Å². The van der Waals surface area contributed by atoms with Crippen molar-refractivity contribution in [1.29, 1.82) is 0 Å². The zero-order chi connectivity index (χ0) is 77.8. The summed E-state index contributed by atoms with van der Waals surface area (Å²) in [5.74, 6) is -1.33. The summed E-state index contributed by atoms with van der Waals surface area (Å²) in [4.78, 5) is 116. The fraction of sp³-hybridized carbons (Fsp3) is 0.649. The third-order valence-electron chi connectivity index (χ3n) is 17.0. The van der Waals surface area contributed by atoms with Crippen molar-refractivity contribution in [2.45, 2.75) is 153 Å². The highest BCUT2D eigenvalue weighted by atomic mass is 33.1. The Kier molecular flexibility index (Phi) is 47.3. The predicted octanol–water partition coefficient (Wildman–Crippen LogP) is 5.21. The van der Waals surface area contributed by atoms with Gasteiger partial charge in [0.25, 0.3) is 0 Å². The second kappa shape index (κ2) is 55.6. The van der Waals surface area contributed by atoms with Crippen LogP contribution in [-0.4, -0.2) is 249 Å². The van der Waals surface area contributed by atoms with Crippen LogP contribution >= 0.6 is 33.3 Å². The lowest BCUT2D eigenvalue weighted by molar-refractivity contribution is -0.134. The van der Waals surface area contributed by atoms with E-state index in [1.165, 1.54) is 21.6 Å². The van der Waals surface area contributed by atoms with E-state index in [0.717, 1.165) is 41.7 Å². The smallest absolute Gasteiger partial charge is 0.407 e. The lowest BCUT2D eigenvalue weighted by atomic mass is 9.85. The minimum atomic E-state index is -1.04. The summed E-state index contributed by atoms with van der Waals surface area (Å²) in [7, 11) is 3.05. The number of hydrogen-bond acceptors (Lipinski definition) is 21. The Morgan fingerprint density at radius 1 is 0.509 bits per heavy atom. The lowest BCUT2D eigenvalue weighted by Gasteiger charge is -2.29. The van der Waals surface area contributed by atoms with Gasteiger partial charge in [-0.2, -0.15) is 11.8 Å². The summed E-state index contributed by atoms with van der Waals surface area (Å²) in [6.07, 6.45) is 4.28. The number of amides is 10. The number of alkyl carbamates (subject to hydrolysis) is 1. The van der Waals surface area contributed by atoms with Crippen molar-refractivity contribution in [3.8, 4) is 0 Å². The van der Waals surface area contributed by atoms with Crippen LogP contribution in [0.5, 0.6) is 0 Å². The van der Waals surface area contributed by atoms with Crippen LogP contribution in [0.2, 0.25) is 0 Å². The van der Waals surface area contributed by atoms with E-state index in [4.69, 9.17) is 37.9 Å². The Bertz CT molecular complexity index is 3040. The van der Waals surface area contributed by atoms with Gasteiger partial charge in [0.05, 0.1) is 84.3 Å². The van der Waals surface area contributed by atoms with Crippen molar-refractivity contribution in [2.24, 2.45) is 17.8 Å². The first-order valence-electron chi connectivity index (χ1n) is 37.9. The standard InChI is InChI=1S/C77H120N10O18S3/c1-56(2)47-62(84-72(93)60(48-57-19-9-6-10-20-57)51-65(88)61(49-58-21-11-7-12-22-58)52-83-76(97)105-77(3,4)5)74(95)85-63(50-59-23-13-8-14-24-59)73(94)82-32-46-108-107-45-27-68(90)78-28-17-33-98-37-41-102-42-38-99-34-18-29-79-69(91)53-104-54-70(92)81-31-36-101-40-44-103-43-39-100-35-30-80-67(89)26-16-15-25-66-71-64(55-106-66)86-75(96)87-71/h6-14,19-24,56,60-66,71,88H,15-18,25-55H2,1-5H3,(H,78,90)(H,79,91)(H,80,89)(H,81,92)(H,82,94)(H,83,97)(H,84,93)(H,85,95)(H2,86,87,96)/t60-,61+,62+,63+,64+,65-,66+,71+/m1/s1. The first-order chi connectivity index (χ1) is 52.2. The third-order valence-corrected chi connectivity index (χ3v) is 20.9. The van der Waals surface area contributed by atoms with Crippen molar-refractivity contribution in [3.05, 3.63) is 108 Å². The molecule has 2 heterocycles. The molecule has 11 N–H and O–H groups in total. The Hall–Kier alpha value is -6.78. The molecule has 2 saturated heterocycles. The van der Waals surface area contributed by atoms with E-state index < -0.39 is 53.5 Å². The van der Waals surface area contributed by atoms with Gasteiger partial charge in [0, 0.05) is 106 Å². The maximum atomic E-state index is 14.6. The predicted molar refractivity (Wildman–Crippen MR) is 419 cm³/mol. The molecule has 2 aliphatic heterocycles. The van der Waals surface area contributed by atoms with Crippen LogP contribution < -0.4 is 53.2 Å². The van der Waals surface area contributed by atoms with Crippen LogP contribution in [0.15, 0.2) is 91.0 Å². The maximum absolute atomic E-state index is 14.6. The van der Waals surface area contributed by atoms with Crippen molar-refractivity contribution < 1.29 is 86.2 Å². The number of fused-ring (bicyclic) bond motifs is 1. The van der Waals surface area contributed by atoms with E-state index >= 15 is 0 Å². The number of hydrogen-bond donors (Lipinski definition) is 11. The van der Waals surface area contributed by atoms with Crippen molar-refractivity contribution in [3.63, 3.8) is 0 Å². The number of carbonyl (C=O) groups excluding carboxylic acids is 9. The van der Waals surface area contributed by atoms with Gasteiger partial charge in [-0.3, -0.25) is 33.6 Å². The number of aliphatic hydroxyl groups is 1. The second-order valence-corrected chi connectivity index (χ2v) is 31.8. The Balaban J connectivity index is 0.821. The maximum Gasteiger partial charge on any atom is 0.407 e. The van der Waals surface area contributed by atoms with E-state index in [1.807, 2.05) is 117 Å². The molecular weight excluding hydrogens is 1450 g/mol. The van der Waals surface area contributed by atoms with Gasteiger partial charge in [-0.05, 0) is 94.7 Å². The topological polar surface area (TPSA) is 368 Å². The van der Waals surface area contributed by atoms with E-state index in [2.05, 4.69) is 53.2 Å². The zero-order valence-corrected chi connectivity index (χ0v) is 66.2. The molecule has 2 aliphatic rings. The van der Waals surface area contributed by atoms with Crippen LogP contribution in [0.3, 0.4) is 0 Å². The number of ether oxygens (including phenoxy) is 8. The molecule has 8 atom stereocenters. The number of rotatable bonds is 60. The monoisotopic (exact) mass is 1570 g/mol. The molecule has 28 nitrogen and oxygen atoms in total. The van der Waals surface area contributed by atoms with Crippen LogP contribution in [0.25, 0.3) is 0 Å². The first-order valence-corrected chi connectivity index (χ1v) is 41.4. The quantitative estimate of drug-likeness (QED) is 0.0196. The fourth-order valence-electron chi connectivity index (χ4n) is 11.6. The summed E-state index contributed by atoms with van der Waals surface area (Å²) in [5.41, 5.74) is 1.93. The number of urea groups is 1. The largest absolute Gasteiger partial charge is 0.444 e. The SMILES string of the molecule is CC(C)C[C@H](NC(=O)[C@H](Cc1ccccc1)C[C@@H](O)[C@H](CNC(=O)OC(C)(C)C)Cc1ccccc1)C(=O)N[C@@H](Cc1ccccc1)C(=O)NCCSSCCC(=O)NCCCOCCOCCOCCCNC(=O)COCC(=O)NCCOCCOCCOCCNC(=O)CCCC[C@@H]1SC[C@@H]2NC(=O)N[C@@H]21. The van der Waals surface area contributed by atoms with Crippen molar-refractivity contribution in [1.82, 2.24) is 53.2 Å². The second-order valence-electron chi connectivity index (χ2n) is 27.8. The molecule has 604 valence electrons. The molecule has 3 aromatic carbocycles. The van der Waals surface area contributed by atoms with Crippen molar-refractivity contribution >= 4 is 86.8 Å². The molecule has 0 aromatic heterocycles. The molecule has 0 aliphatic carbocycles. The van der Waals surface area contributed by atoms with E-state index in [1.54, 1.807) is 20.8 Å². The highest BCUT2D eigenvalue weighted by molar-refractivity contribution is 8.76. The first kappa shape index (κ1) is 91.8. The zero-order valence-electron chi connectivity index (χ0n) is 63.7. The molecule has 0 bridgehead atoms. The van der Waals surface area contributed by atoms with Crippen LogP contribution in [0.1, 0.15) is 109 Å². The summed E-state index contributed by atoms with van der Waals surface area (Å²) < 4.78 is 44.0. The minimum Gasteiger partial charge on any atom is -0.444 e. The molecule has 108 heavy (non-hydrogen) atoms. The molecule has 0 unspecified atom stereocenters. The average Bonchev–Trinajstić information content (AvgIpc) is 1.67. The van der Waals surface area contributed by atoms with Crippen LogP contribution in [-0.2, 0) is 90.7 Å². The summed E-state index contributed by atoms with van der Waals surface area (Å²) in [6.45, 7) is 15.2. The lowest BCUT2D eigenvalue weighted by Crippen LogP contribution is -2.55. The van der Waals surface area contributed by atoms with E-state index in [0.29, 0.717) is 148 Å². The Labute approximate surface area is 649 Å². The van der Waals surface area contributed by atoms with E-state index in [9.17, 15) is 48.3 Å². The highest BCUT2D eigenvalue weighted by Gasteiger charge is 2.42. The number of carbonyl (C=O) groups is 9. The molecule has 3 aromatic rings. The van der Waals surface area contributed by atoms with Crippen molar-refractivity contribution in [2.75, 3.05) is 149 Å².